The number of carboxylic acid groups (broad SMARTS) is 1. The predicted molar refractivity (Wildman–Crippen MR) is 151 cm³/mol. The van der Waals surface area contributed by atoms with E-state index < -0.39 is 35.7 Å². The van der Waals surface area contributed by atoms with E-state index in [1.807, 2.05) is 24.0 Å². The molecule has 2 aromatic rings. The van der Waals surface area contributed by atoms with E-state index in [1.54, 1.807) is 45.0 Å². The molecule has 2 amide bonds. The highest BCUT2D eigenvalue weighted by molar-refractivity contribution is 9.10. The van der Waals surface area contributed by atoms with E-state index in [-0.39, 0.29) is 12.5 Å². The number of amides is 2. The monoisotopic (exact) mass is 587 g/mol. The lowest BCUT2D eigenvalue weighted by atomic mass is 9.85. The van der Waals surface area contributed by atoms with Crippen molar-refractivity contribution in [3.8, 4) is 0 Å². The summed E-state index contributed by atoms with van der Waals surface area (Å²) in [5.74, 6) is -1.46. The molecule has 2 aromatic carbocycles. The normalized spacial score (nSPS) is 16.7. The zero-order valence-electron chi connectivity index (χ0n) is 22.5. The molecule has 3 atom stereocenters. The molecule has 0 heterocycles. The number of halogens is 1. The minimum Gasteiger partial charge on any atom is -0.480 e. The summed E-state index contributed by atoms with van der Waals surface area (Å²) in [6, 6.07) is 12.9. The molecular formula is C29H38BrN3O5. The van der Waals surface area contributed by atoms with E-state index >= 15 is 0 Å². The number of carbonyl (C=O) groups excluding carboxylic acids is 2. The van der Waals surface area contributed by atoms with Gasteiger partial charge in [0.05, 0.1) is 0 Å². The van der Waals surface area contributed by atoms with Crippen LogP contribution in [0, 0.1) is 0 Å². The highest BCUT2D eigenvalue weighted by Gasteiger charge is 2.35. The first-order chi connectivity index (χ1) is 18.0. The third kappa shape index (κ3) is 8.30. The molecule has 206 valence electrons. The number of aryl methyl sites for hydroxylation is 1. The molecule has 0 fully saturated rings. The maximum atomic E-state index is 13.1. The first-order valence-electron chi connectivity index (χ1n) is 13.1. The molecule has 1 aliphatic carbocycles. The number of rotatable bonds is 10. The van der Waals surface area contributed by atoms with Gasteiger partial charge >= 0.3 is 18.0 Å². The molecule has 3 N–H and O–H groups in total. The van der Waals surface area contributed by atoms with Crippen LogP contribution in [-0.4, -0.2) is 52.2 Å². The largest absolute Gasteiger partial charge is 0.480 e. The van der Waals surface area contributed by atoms with Gasteiger partial charge in [-0.05, 0) is 88.3 Å². The molecule has 3 rings (SSSR count). The van der Waals surface area contributed by atoms with E-state index in [2.05, 4.69) is 38.7 Å². The van der Waals surface area contributed by atoms with Crippen LogP contribution in [0.4, 0.5) is 10.5 Å². The number of hydrogen-bond donors (Lipinski definition) is 3. The summed E-state index contributed by atoms with van der Waals surface area (Å²) in [6.45, 7) is 7.47. The Hall–Kier alpha value is -2.91. The maximum Gasteiger partial charge on any atom is 0.329 e. The lowest BCUT2D eigenvalue weighted by Crippen LogP contribution is -2.50. The van der Waals surface area contributed by atoms with Gasteiger partial charge in [0.25, 0.3) is 0 Å². The quantitative estimate of drug-likeness (QED) is 0.298. The van der Waals surface area contributed by atoms with Crippen molar-refractivity contribution in [2.24, 2.45) is 0 Å². The van der Waals surface area contributed by atoms with E-state index in [0.29, 0.717) is 18.7 Å². The Morgan fingerprint density at radius 3 is 2.45 bits per heavy atom. The second-order valence-corrected chi connectivity index (χ2v) is 11.5. The second kappa shape index (κ2) is 13.2. The Balaban J connectivity index is 1.83. The van der Waals surface area contributed by atoms with Gasteiger partial charge in [0.15, 0.2) is 0 Å². The van der Waals surface area contributed by atoms with Gasteiger partial charge in [-0.2, -0.15) is 0 Å². The number of fused-ring (bicyclic) bond motifs is 1. The van der Waals surface area contributed by atoms with Crippen molar-refractivity contribution in [3.05, 3.63) is 64.1 Å². The van der Waals surface area contributed by atoms with Crippen molar-refractivity contribution in [2.75, 3.05) is 11.9 Å². The van der Waals surface area contributed by atoms with Crippen LogP contribution >= 0.6 is 15.9 Å². The van der Waals surface area contributed by atoms with Crippen molar-refractivity contribution in [1.29, 1.82) is 0 Å². The molecule has 0 bridgehead atoms. The van der Waals surface area contributed by atoms with Crippen LogP contribution in [-0.2, 0) is 20.7 Å². The zero-order valence-corrected chi connectivity index (χ0v) is 24.1. The van der Waals surface area contributed by atoms with Crippen molar-refractivity contribution in [3.63, 3.8) is 0 Å². The molecule has 0 saturated carbocycles. The summed E-state index contributed by atoms with van der Waals surface area (Å²) >= 11 is 3.37. The Labute approximate surface area is 233 Å². The fourth-order valence-electron chi connectivity index (χ4n) is 4.91. The molecule has 0 aromatic heterocycles. The average Bonchev–Trinajstić information content (AvgIpc) is 2.85. The third-order valence-corrected chi connectivity index (χ3v) is 7.11. The van der Waals surface area contributed by atoms with E-state index in [9.17, 15) is 19.5 Å². The van der Waals surface area contributed by atoms with Crippen LogP contribution in [0.3, 0.4) is 0 Å². The number of urea groups is 1. The molecule has 9 heteroatoms. The Kier molecular flexibility index (Phi) is 10.3. The van der Waals surface area contributed by atoms with Crippen LogP contribution in [0.1, 0.15) is 70.5 Å². The first-order valence-corrected chi connectivity index (χ1v) is 13.9. The highest BCUT2D eigenvalue weighted by atomic mass is 79.9. The lowest BCUT2D eigenvalue weighted by molar-refractivity contribution is -0.157. The van der Waals surface area contributed by atoms with Gasteiger partial charge in [-0.25, -0.2) is 9.59 Å². The summed E-state index contributed by atoms with van der Waals surface area (Å²) < 4.78 is 6.49. The van der Waals surface area contributed by atoms with Crippen molar-refractivity contribution in [1.82, 2.24) is 10.2 Å². The van der Waals surface area contributed by atoms with E-state index in [0.717, 1.165) is 29.3 Å². The number of ether oxygens (including phenoxy) is 1. The molecule has 1 aliphatic rings. The smallest absolute Gasteiger partial charge is 0.329 e. The number of benzene rings is 2. The summed E-state index contributed by atoms with van der Waals surface area (Å²) in [5, 5.41) is 15.6. The van der Waals surface area contributed by atoms with Crippen molar-refractivity contribution < 1.29 is 24.2 Å². The third-order valence-electron chi connectivity index (χ3n) is 6.58. The van der Waals surface area contributed by atoms with Crippen LogP contribution in [0.15, 0.2) is 53.0 Å². The molecule has 0 radical (unpaired) electrons. The Morgan fingerprint density at radius 2 is 1.82 bits per heavy atom. The fourth-order valence-corrected chi connectivity index (χ4v) is 5.18. The Morgan fingerprint density at radius 1 is 1.13 bits per heavy atom. The Bertz CT molecular complexity index is 1120. The zero-order chi connectivity index (χ0) is 27.9. The molecule has 8 nitrogen and oxygen atoms in total. The van der Waals surface area contributed by atoms with Gasteiger partial charge in [0.2, 0.25) is 0 Å². The summed E-state index contributed by atoms with van der Waals surface area (Å²) in [7, 11) is 0. The minimum absolute atomic E-state index is 0.0862. The van der Waals surface area contributed by atoms with Gasteiger partial charge in [0, 0.05) is 22.7 Å². The number of anilines is 1. The van der Waals surface area contributed by atoms with Gasteiger partial charge < -0.3 is 20.5 Å². The summed E-state index contributed by atoms with van der Waals surface area (Å²) in [4.78, 5) is 40.2. The first kappa shape index (κ1) is 29.6. The number of nitrogens with zero attached hydrogens (tertiary/aromatic N) is 1. The SMILES string of the molecule is CCC(C(=O)O)N(CC[C@H](NC(=O)Nc1ccc(Br)cc1)C(=O)OC(C)(C)C)C1CCCc2ccccc21. The van der Waals surface area contributed by atoms with Gasteiger partial charge in [-0.15, -0.1) is 0 Å². The minimum atomic E-state index is -0.961. The number of nitrogens with one attached hydrogen (secondary N) is 2. The van der Waals surface area contributed by atoms with Crippen molar-refractivity contribution >= 4 is 39.6 Å². The standard InChI is InChI=1S/C29H38BrN3O5/c1-5-24(26(34)35)33(25-12-8-10-19-9-6-7-11-22(19)25)18-17-23(27(36)38-29(2,3)4)32-28(37)31-21-15-13-20(30)14-16-21/h6-7,9,11,13-16,23-25H,5,8,10,12,17-18H2,1-4H3,(H,34,35)(H2,31,32,37)/t23-,24?,25?/m0/s1. The topological polar surface area (TPSA) is 108 Å². The summed E-state index contributed by atoms with van der Waals surface area (Å²) in [6.07, 6.45) is 3.36. The van der Waals surface area contributed by atoms with Gasteiger partial charge in [0.1, 0.15) is 17.7 Å². The maximum absolute atomic E-state index is 13.1. The number of esters is 1. The van der Waals surface area contributed by atoms with Crippen LogP contribution in [0.5, 0.6) is 0 Å². The number of hydrogen-bond acceptors (Lipinski definition) is 5. The molecule has 0 aliphatic heterocycles. The molecule has 38 heavy (non-hydrogen) atoms. The lowest BCUT2D eigenvalue weighted by Gasteiger charge is -2.39. The average molecular weight is 589 g/mol. The highest BCUT2D eigenvalue weighted by Crippen LogP contribution is 2.36. The summed E-state index contributed by atoms with van der Waals surface area (Å²) in [5.41, 5.74) is 2.19. The van der Waals surface area contributed by atoms with Crippen LogP contribution in [0.2, 0.25) is 0 Å². The van der Waals surface area contributed by atoms with Gasteiger partial charge in [-0.1, -0.05) is 47.1 Å². The predicted octanol–water partition coefficient (Wildman–Crippen LogP) is 5.91. The van der Waals surface area contributed by atoms with Gasteiger partial charge in [-0.3, -0.25) is 9.69 Å². The van der Waals surface area contributed by atoms with Crippen molar-refractivity contribution in [2.45, 2.75) is 83.5 Å². The number of aliphatic carboxylic acids is 1. The number of carboxylic acids is 1. The molecule has 2 unspecified atom stereocenters. The molecular weight excluding hydrogens is 550 g/mol. The second-order valence-electron chi connectivity index (χ2n) is 10.6. The van der Waals surface area contributed by atoms with Crippen LogP contribution in [0.25, 0.3) is 0 Å². The van der Waals surface area contributed by atoms with E-state index in [4.69, 9.17) is 4.74 Å². The fraction of sp³-hybridized carbons (Fsp3) is 0.483. The van der Waals surface area contributed by atoms with Crippen LogP contribution < -0.4 is 10.6 Å². The molecule has 0 spiro atoms. The van der Waals surface area contributed by atoms with E-state index in [1.165, 1.54) is 5.56 Å². The number of carbonyl (C=O) groups is 3. The molecule has 0 saturated heterocycles.